The van der Waals surface area contributed by atoms with E-state index < -0.39 is 11.2 Å². The second-order valence-electron chi connectivity index (χ2n) is 14.0. The van der Waals surface area contributed by atoms with Crippen LogP contribution in [0.4, 0.5) is 8.78 Å². The standard InChI is InChI=1S/C39H40F2N6OS.CH4O/c1-38(2)15-5-6-16-39(3,26-11-7-9-25(19-26)10-8-18-48)37-44-36(46(4)45-37)30-20-28(12-13-32(30)40)49-35-31(24-47-23-27(38)22-43-47)29-14-17-42-34(29)21-33(35)41;1-2/h7,9,11-14,17-23,42H,5-6,8,10,15-16,24H2,1-4H3;2H,1H3. The molecule has 11 heteroatoms. The highest BCUT2D eigenvalue weighted by atomic mass is 32.2. The van der Waals surface area contributed by atoms with Crippen LogP contribution < -0.4 is 0 Å². The molecule has 0 saturated heterocycles. The molecule has 0 radical (unpaired) electrons. The predicted molar refractivity (Wildman–Crippen MR) is 197 cm³/mol. The maximum Gasteiger partial charge on any atom is 0.161 e. The van der Waals surface area contributed by atoms with Crippen molar-refractivity contribution in [1.29, 1.82) is 0 Å². The number of H-pyrrole nitrogens is 1. The lowest BCUT2D eigenvalue weighted by Crippen LogP contribution is -2.26. The SMILES string of the molecule is CO.Cn1nc2nc1-c1cc(ccc1F)Sc1c(F)cc3[nH]ccc3c1Cn1cc(cn1)C(C)(C)CCCCC2(C)c1cccc(CCC=O)c1. The molecule has 4 heterocycles. The Kier molecular flexibility index (Phi) is 10.6. The summed E-state index contributed by atoms with van der Waals surface area (Å²) in [5.41, 5.74) is 4.39. The second-order valence-corrected chi connectivity index (χ2v) is 15.1. The maximum absolute atomic E-state index is 15.9. The molecule has 1 atom stereocenters. The molecule has 1 aliphatic rings. The fraction of sp³-hybridized carbons (Fsp3) is 0.350. The molecule has 3 aromatic carbocycles. The number of aliphatic hydroxyl groups excluding tert-OH is 1. The summed E-state index contributed by atoms with van der Waals surface area (Å²) in [5.74, 6) is 0.233. The van der Waals surface area contributed by atoms with E-state index in [1.54, 1.807) is 23.9 Å². The smallest absolute Gasteiger partial charge is 0.161 e. The first-order valence-electron chi connectivity index (χ1n) is 17.2. The van der Waals surface area contributed by atoms with Crippen LogP contribution in [-0.2, 0) is 35.6 Å². The maximum atomic E-state index is 15.9. The summed E-state index contributed by atoms with van der Waals surface area (Å²) in [6.07, 6.45) is 11.5. The predicted octanol–water partition coefficient (Wildman–Crippen LogP) is 8.54. The molecule has 7 rings (SSSR count). The number of hydrogen-bond donors (Lipinski definition) is 2. The van der Waals surface area contributed by atoms with Crippen molar-refractivity contribution in [3.63, 3.8) is 0 Å². The van der Waals surface area contributed by atoms with Gasteiger partial charge in [-0.15, -0.1) is 0 Å². The van der Waals surface area contributed by atoms with Crippen LogP contribution in [0.2, 0.25) is 0 Å². The zero-order chi connectivity index (χ0) is 36.3. The van der Waals surface area contributed by atoms with E-state index in [9.17, 15) is 4.79 Å². The van der Waals surface area contributed by atoms with Crippen LogP contribution in [0, 0.1) is 11.6 Å². The summed E-state index contributed by atoms with van der Waals surface area (Å²) in [6.45, 7) is 7.03. The van der Waals surface area contributed by atoms with Crippen molar-refractivity contribution in [3.8, 4) is 11.4 Å². The van der Waals surface area contributed by atoms with Crippen molar-refractivity contribution in [2.75, 3.05) is 7.11 Å². The van der Waals surface area contributed by atoms with Gasteiger partial charge in [0.15, 0.2) is 11.6 Å². The van der Waals surface area contributed by atoms with Crippen molar-refractivity contribution >= 4 is 29.0 Å². The van der Waals surface area contributed by atoms with Crippen LogP contribution >= 0.6 is 11.8 Å². The van der Waals surface area contributed by atoms with Gasteiger partial charge < -0.3 is 14.9 Å². The molecular formula is C40H44F2N6O2S. The lowest BCUT2D eigenvalue weighted by molar-refractivity contribution is -0.107. The first-order chi connectivity index (χ1) is 24.6. The van der Waals surface area contributed by atoms with Crippen LogP contribution in [0.1, 0.15) is 81.0 Å². The van der Waals surface area contributed by atoms with Crippen molar-refractivity contribution in [2.45, 2.75) is 86.5 Å². The topological polar surface area (TPSA) is 102 Å². The molecule has 8 nitrogen and oxygen atoms in total. The van der Waals surface area contributed by atoms with Gasteiger partial charge in [-0.25, -0.2) is 18.4 Å². The monoisotopic (exact) mass is 710 g/mol. The fourth-order valence-electron chi connectivity index (χ4n) is 7.03. The molecule has 6 bridgehead atoms. The number of nitrogens with zero attached hydrogens (tertiary/aromatic N) is 5. The molecular weight excluding hydrogens is 667 g/mol. The average Bonchev–Trinajstić information content (AvgIpc) is 3.89. The Morgan fingerprint density at radius 2 is 1.80 bits per heavy atom. The summed E-state index contributed by atoms with van der Waals surface area (Å²) in [5, 5.41) is 17.6. The van der Waals surface area contributed by atoms with Gasteiger partial charge in [0.25, 0.3) is 0 Å². The van der Waals surface area contributed by atoms with Crippen LogP contribution in [0.15, 0.2) is 83.0 Å². The highest BCUT2D eigenvalue weighted by Crippen LogP contribution is 2.41. The Labute approximate surface area is 301 Å². The zero-order valence-electron chi connectivity index (χ0n) is 29.7. The number of aromatic nitrogens is 6. The van der Waals surface area contributed by atoms with E-state index in [0.717, 1.165) is 66.7 Å². The molecule has 3 aromatic heterocycles. The Balaban J connectivity index is 0.00000220. The summed E-state index contributed by atoms with van der Waals surface area (Å²) in [6, 6.07) is 16.6. The van der Waals surface area contributed by atoms with E-state index in [4.69, 9.17) is 20.3 Å². The van der Waals surface area contributed by atoms with Crippen LogP contribution in [0.25, 0.3) is 22.3 Å². The highest BCUT2D eigenvalue weighted by Gasteiger charge is 2.35. The molecule has 2 N–H and O–H groups in total. The van der Waals surface area contributed by atoms with Gasteiger partial charge in [-0.2, -0.15) is 10.2 Å². The molecule has 51 heavy (non-hydrogen) atoms. The zero-order valence-corrected chi connectivity index (χ0v) is 30.5. The first-order valence-corrected chi connectivity index (χ1v) is 18.1. The third-order valence-corrected chi connectivity index (χ3v) is 11.2. The molecule has 266 valence electrons. The normalized spacial score (nSPS) is 17.4. The third-order valence-electron chi connectivity index (χ3n) is 10.1. The number of carbonyl (C=O) groups is 1. The quantitative estimate of drug-likeness (QED) is 0.178. The molecule has 1 unspecified atom stereocenters. The van der Waals surface area contributed by atoms with Crippen molar-refractivity contribution < 1.29 is 18.7 Å². The lowest BCUT2D eigenvalue weighted by atomic mass is 9.75. The van der Waals surface area contributed by atoms with Crippen molar-refractivity contribution in [1.82, 2.24) is 29.5 Å². The van der Waals surface area contributed by atoms with Crippen molar-refractivity contribution in [3.05, 3.63) is 113 Å². The molecule has 1 aliphatic heterocycles. The number of aldehydes is 1. The minimum atomic E-state index is -0.571. The minimum Gasteiger partial charge on any atom is -0.400 e. The summed E-state index contributed by atoms with van der Waals surface area (Å²) < 4.78 is 35.1. The van der Waals surface area contributed by atoms with Crippen LogP contribution in [0.5, 0.6) is 0 Å². The van der Waals surface area contributed by atoms with Gasteiger partial charge in [-0.1, -0.05) is 62.7 Å². The van der Waals surface area contributed by atoms with E-state index in [-0.39, 0.29) is 11.2 Å². The highest BCUT2D eigenvalue weighted by molar-refractivity contribution is 7.99. The summed E-state index contributed by atoms with van der Waals surface area (Å²) in [7, 11) is 2.79. The van der Waals surface area contributed by atoms with Crippen molar-refractivity contribution in [2.24, 2.45) is 7.05 Å². The number of nitrogens with one attached hydrogen (secondary N) is 1. The average molecular weight is 711 g/mol. The molecule has 0 aliphatic carbocycles. The van der Waals surface area contributed by atoms with Crippen LogP contribution in [-0.4, -0.2) is 48.0 Å². The Hall–Kier alpha value is -4.61. The number of halogens is 2. The molecule has 0 spiro atoms. The first kappa shape index (κ1) is 36.2. The van der Waals surface area contributed by atoms with Gasteiger partial charge in [0.05, 0.1) is 28.6 Å². The molecule has 0 saturated carbocycles. The number of aryl methyl sites for hydroxylation is 2. The second kappa shape index (κ2) is 14.9. The molecule has 0 amide bonds. The Morgan fingerprint density at radius 3 is 2.61 bits per heavy atom. The van der Waals surface area contributed by atoms with E-state index in [1.807, 2.05) is 35.3 Å². The Morgan fingerprint density at radius 1 is 1.00 bits per heavy atom. The van der Waals surface area contributed by atoms with Crippen LogP contribution in [0.3, 0.4) is 0 Å². The number of carbonyl (C=O) groups excluding carboxylic acids is 1. The van der Waals surface area contributed by atoms with Gasteiger partial charge in [-0.05, 0) is 84.2 Å². The van der Waals surface area contributed by atoms with Gasteiger partial charge in [0, 0.05) is 48.8 Å². The number of rotatable bonds is 4. The Bertz CT molecular complexity index is 2170. The van der Waals surface area contributed by atoms with Gasteiger partial charge >= 0.3 is 0 Å². The summed E-state index contributed by atoms with van der Waals surface area (Å²) in [4.78, 5) is 20.5. The van der Waals surface area contributed by atoms with E-state index in [0.29, 0.717) is 51.9 Å². The number of benzene rings is 3. The molecule has 0 fully saturated rings. The number of aromatic amines is 1. The van der Waals surface area contributed by atoms with Gasteiger partial charge in [-0.3, -0.25) is 4.68 Å². The van der Waals surface area contributed by atoms with Gasteiger partial charge in [0.2, 0.25) is 0 Å². The molecule has 6 aromatic rings. The summed E-state index contributed by atoms with van der Waals surface area (Å²) >= 11 is 1.27. The number of hydrogen-bond acceptors (Lipinski definition) is 6. The lowest BCUT2D eigenvalue weighted by Gasteiger charge is -2.29. The minimum absolute atomic E-state index is 0.137. The van der Waals surface area contributed by atoms with E-state index in [2.05, 4.69) is 44.1 Å². The number of aliphatic hydroxyl groups is 1. The number of fused-ring (bicyclic) bond motifs is 10. The van der Waals surface area contributed by atoms with E-state index in [1.165, 1.54) is 23.9 Å². The van der Waals surface area contributed by atoms with E-state index >= 15 is 8.78 Å². The fourth-order valence-corrected chi connectivity index (χ4v) is 8.04. The largest absolute Gasteiger partial charge is 0.400 e. The third kappa shape index (κ3) is 7.27. The van der Waals surface area contributed by atoms with Gasteiger partial charge in [0.1, 0.15) is 17.9 Å².